The van der Waals surface area contributed by atoms with Crippen LogP contribution in [-0.4, -0.2) is 62.3 Å². The number of hydrogen-bond donors (Lipinski definition) is 0. The van der Waals surface area contributed by atoms with Crippen molar-refractivity contribution in [1.29, 1.82) is 0 Å². The lowest BCUT2D eigenvalue weighted by Gasteiger charge is -2.34. The molecule has 0 saturated carbocycles. The second-order valence-corrected chi connectivity index (χ2v) is 4.54. The first-order chi connectivity index (χ1) is 11.0. The Labute approximate surface area is 122 Å². The van der Waals surface area contributed by atoms with Gasteiger partial charge in [0.25, 0.3) is 0 Å². The number of hydrogen-bond acceptors (Lipinski definition) is 7. The van der Waals surface area contributed by atoms with Crippen LogP contribution in [0, 0.1) is 0 Å². The molecule has 0 N–H and O–H groups in total. The van der Waals surface area contributed by atoms with E-state index in [0.717, 1.165) is 18.9 Å². The first kappa shape index (κ1) is 10.1. The van der Waals surface area contributed by atoms with Crippen molar-refractivity contribution in [2.24, 2.45) is 4.99 Å². The topological polar surface area (TPSA) is 63.1 Å². The largest absolute Gasteiger partial charge is 0.378 e. The molecule has 7 heteroatoms. The van der Waals surface area contributed by atoms with Crippen molar-refractivity contribution in [1.82, 2.24) is 9.97 Å². The van der Waals surface area contributed by atoms with Crippen molar-refractivity contribution in [2.45, 2.75) is 13.2 Å². The minimum absolute atomic E-state index is 0.541. The fourth-order valence-electron chi connectivity index (χ4n) is 2.46. The molecular weight excluding hydrogens is 258 g/mol. The van der Waals surface area contributed by atoms with Gasteiger partial charge >= 0.3 is 0 Å². The number of anilines is 2. The summed E-state index contributed by atoms with van der Waals surface area (Å²) < 4.78 is 32.3. The van der Waals surface area contributed by atoms with Crippen LogP contribution in [-0.2, 0) is 9.47 Å². The van der Waals surface area contributed by atoms with Gasteiger partial charge in [0.2, 0.25) is 0 Å². The van der Waals surface area contributed by atoms with Crippen LogP contribution in [0.2, 0.25) is 0 Å². The average molecular weight is 280 g/mol. The van der Waals surface area contributed by atoms with E-state index in [-0.39, 0.29) is 0 Å². The van der Waals surface area contributed by atoms with E-state index in [1.807, 2.05) is 6.92 Å². The zero-order valence-corrected chi connectivity index (χ0v) is 11.3. The zero-order chi connectivity index (χ0) is 16.4. The third-order valence-corrected chi connectivity index (χ3v) is 3.47. The van der Waals surface area contributed by atoms with Gasteiger partial charge in [-0.15, -0.1) is 0 Å². The standard InChI is InChI=1S/C13H19N5O2/c1-3-18-10(19-2)8-14-11-12(15-9-16-13(11)18)17-4-6-20-7-5-17/h8-10H,3-7H2,1-2H3/i2D3. The van der Waals surface area contributed by atoms with Gasteiger partial charge in [-0.3, -0.25) is 0 Å². The van der Waals surface area contributed by atoms with Crippen molar-refractivity contribution in [3.05, 3.63) is 6.33 Å². The fourth-order valence-corrected chi connectivity index (χ4v) is 2.46. The Morgan fingerprint density at radius 3 is 2.95 bits per heavy atom. The number of ether oxygens (including phenoxy) is 2. The Hall–Kier alpha value is -1.73. The molecule has 3 rings (SSSR count). The van der Waals surface area contributed by atoms with E-state index in [9.17, 15) is 0 Å². The summed E-state index contributed by atoms with van der Waals surface area (Å²) in [6.07, 6.45) is 2.19. The third-order valence-electron chi connectivity index (χ3n) is 3.47. The van der Waals surface area contributed by atoms with Gasteiger partial charge in [-0.25, -0.2) is 15.0 Å². The van der Waals surface area contributed by atoms with Crippen molar-refractivity contribution in [2.75, 3.05) is 49.7 Å². The van der Waals surface area contributed by atoms with Crippen LogP contribution in [0.1, 0.15) is 11.0 Å². The normalized spacial score (nSPS) is 24.9. The van der Waals surface area contributed by atoms with Gasteiger partial charge in [0, 0.05) is 26.7 Å². The molecule has 108 valence electrons. The smallest absolute Gasteiger partial charge is 0.167 e. The number of rotatable bonds is 3. The van der Waals surface area contributed by atoms with Crippen LogP contribution in [0.5, 0.6) is 0 Å². The molecule has 1 atom stereocenters. The summed E-state index contributed by atoms with van der Waals surface area (Å²) in [6, 6.07) is 0. The van der Waals surface area contributed by atoms with Gasteiger partial charge in [-0.1, -0.05) is 0 Å². The van der Waals surface area contributed by atoms with Crippen LogP contribution in [0.25, 0.3) is 0 Å². The molecule has 3 heterocycles. The van der Waals surface area contributed by atoms with Gasteiger partial charge in [0.05, 0.1) is 23.5 Å². The zero-order valence-electron chi connectivity index (χ0n) is 14.3. The van der Waals surface area contributed by atoms with Crippen LogP contribution in [0.3, 0.4) is 0 Å². The Bertz CT molecular complexity index is 589. The molecule has 1 aromatic rings. The maximum Gasteiger partial charge on any atom is 0.167 e. The Morgan fingerprint density at radius 1 is 1.40 bits per heavy atom. The predicted octanol–water partition coefficient (Wildman–Crippen LogP) is 0.828. The summed E-state index contributed by atoms with van der Waals surface area (Å²) in [4.78, 5) is 16.9. The highest BCUT2D eigenvalue weighted by Gasteiger charge is 2.28. The third kappa shape index (κ3) is 2.23. The lowest BCUT2D eigenvalue weighted by atomic mass is 10.3. The van der Waals surface area contributed by atoms with Gasteiger partial charge in [-0.2, -0.15) is 0 Å². The quantitative estimate of drug-likeness (QED) is 0.817. The van der Waals surface area contributed by atoms with E-state index in [4.69, 9.17) is 13.6 Å². The van der Waals surface area contributed by atoms with Gasteiger partial charge in [0.1, 0.15) is 12.0 Å². The van der Waals surface area contributed by atoms with E-state index in [2.05, 4.69) is 19.9 Å². The molecule has 1 aromatic heterocycles. The number of methoxy groups -OCH3 is 1. The second-order valence-electron chi connectivity index (χ2n) is 4.54. The molecule has 0 aromatic carbocycles. The summed E-state index contributed by atoms with van der Waals surface area (Å²) >= 11 is 0. The van der Waals surface area contributed by atoms with Crippen LogP contribution in [0.4, 0.5) is 17.3 Å². The van der Waals surface area contributed by atoms with Crippen molar-refractivity contribution in [3.8, 4) is 0 Å². The van der Waals surface area contributed by atoms with E-state index in [0.29, 0.717) is 31.3 Å². The average Bonchev–Trinajstić information content (AvgIpc) is 2.53. The molecule has 20 heavy (non-hydrogen) atoms. The van der Waals surface area contributed by atoms with Crippen LogP contribution >= 0.6 is 0 Å². The van der Waals surface area contributed by atoms with Crippen molar-refractivity contribution < 1.29 is 13.6 Å². The molecule has 1 saturated heterocycles. The molecule has 0 amide bonds. The van der Waals surface area contributed by atoms with Gasteiger partial charge < -0.3 is 19.3 Å². The monoisotopic (exact) mass is 280 g/mol. The van der Waals surface area contributed by atoms with Gasteiger partial charge in [-0.05, 0) is 6.92 Å². The van der Waals surface area contributed by atoms with Crippen molar-refractivity contribution in [3.63, 3.8) is 0 Å². The summed E-state index contributed by atoms with van der Waals surface area (Å²) in [5, 5.41) is 0. The number of aliphatic imine (C=N–C) groups is 1. The van der Waals surface area contributed by atoms with Gasteiger partial charge in [0.15, 0.2) is 17.9 Å². The molecule has 7 nitrogen and oxygen atoms in total. The molecule has 2 aliphatic heterocycles. The molecule has 0 bridgehead atoms. The highest BCUT2D eigenvalue weighted by atomic mass is 16.5. The van der Waals surface area contributed by atoms with E-state index in [1.165, 1.54) is 12.5 Å². The maximum absolute atomic E-state index is 7.29. The molecule has 2 aliphatic rings. The SMILES string of the molecule is [2H]C([2H])([2H])OC1C=Nc2c(N3CCOCC3)ncnc2N1CC. The number of morpholine rings is 1. The van der Waals surface area contributed by atoms with Crippen molar-refractivity contribution >= 4 is 23.5 Å². The minimum Gasteiger partial charge on any atom is -0.378 e. The summed E-state index contributed by atoms with van der Waals surface area (Å²) in [5.74, 6) is 1.32. The Kier molecular flexibility index (Phi) is 2.88. The minimum atomic E-state index is -2.50. The maximum atomic E-state index is 7.29. The first-order valence-corrected chi connectivity index (χ1v) is 6.66. The second kappa shape index (κ2) is 5.72. The summed E-state index contributed by atoms with van der Waals surface area (Å²) in [5.41, 5.74) is 0.640. The number of aromatic nitrogens is 2. The molecular formula is C13H19N5O2. The highest BCUT2D eigenvalue weighted by Crippen LogP contribution is 2.37. The Balaban J connectivity index is 1.93. The lowest BCUT2D eigenvalue weighted by molar-refractivity contribution is 0.122. The molecule has 0 spiro atoms. The highest BCUT2D eigenvalue weighted by molar-refractivity contribution is 5.86. The molecule has 1 unspecified atom stereocenters. The van der Waals surface area contributed by atoms with E-state index in [1.54, 1.807) is 4.90 Å². The fraction of sp³-hybridized carbons (Fsp3) is 0.615. The molecule has 1 fully saturated rings. The van der Waals surface area contributed by atoms with Crippen LogP contribution in [0.15, 0.2) is 11.3 Å². The summed E-state index contributed by atoms with van der Waals surface area (Å²) in [6.45, 7) is 5.21. The number of nitrogens with zero attached hydrogens (tertiary/aromatic N) is 5. The summed E-state index contributed by atoms with van der Waals surface area (Å²) in [7, 11) is -2.50. The first-order valence-electron chi connectivity index (χ1n) is 8.16. The van der Waals surface area contributed by atoms with E-state index < -0.39 is 13.3 Å². The predicted molar refractivity (Wildman–Crippen MR) is 77.0 cm³/mol. The molecule has 0 aliphatic carbocycles. The van der Waals surface area contributed by atoms with Crippen LogP contribution < -0.4 is 9.80 Å². The Morgan fingerprint density at radius 2 is 2.20 bits per heavy atom. The lowest BCUT2D eigenvalue weighted by Crippen LogP contribution is -2.41. The molecule has 0 radical (unpaired) electrons. The van der Waals surface area contributed by atoms with E-state index >= 15 is 0 Å². The number of fused-ring (bicyclic) bond motifs is 1.